The van der Waals surface area contributed by atoms with E-state index >= 15 is 0 Å². The molecule has 2 rings (SSSR count). The van der Waals surface area contributed by atoms with Crippen molar-refractivity contribution in [2.75, 3.05) is 7.11 Å². The third kappa shape index (κ3) is 3.12. The van der Waals surface area contributed by atoms with Crippen LogP contribution in [0.2, 0.25) is 0 Å². The fourth-order valence-corrected chi connectivity index (χ4v) is 1.84. The normalized spacial score (nSPS) is 9.76. The van der Waals surface area contributed by atoms with Crippen LogP contribution in [0, 0.1) is 18.3 Å². The Labute approximate surface area is 122 Å². The molecule has 0 fully saturated rings. The molecule has 0 atom stereocenters. The SMILES string of the molecule is COc1cc(C#N)ccc1Oc1ccc(C)cc1C(=O)O. The third-order valence-corrected chi connectivity index (χ3v) is 2.88. The monoisotopic (exact) mass is 283 g/mol. The summed E-state index contributed by atoms with van der Waals surface area (Å²) in [5.74, 6) is -0.133. The van der Waals surface area contributed by atoms with Crippen molar-refractivity contribution in [2.45, 2.75) is 6.92 Å². The van der Waals surface area contributed by atoms with Crippen molar-refractivity contribution < 1.29 is 19.4 Å². The summed E-state index contributed by atoms with van der Waals surface area (Å²) < 4.78 is 10.8. The first kappa shape index (κ1) is 14.4. The van der Waals surface area contributed by atoms with Gasteiger partial charge in [-0.1, -0.05) is 11.6 Å². The summed E-state index contributed by atoms with van der Waals surface area (Å²) in [5, 5.41) is 18.1. The van der Waals surface area contributed by atoms with Crippen LogP contribution < -0.4 is 9.47 Å². The van der Waals surface area contributed by atoms with Crippen LogP contribution in [0.4, 0.5) is 0 Å². The maximum atomic E-state index is 11.3. The first-order chi connectivity index (χ1) is 10.0. The molecule has 0 aliphatic carbocycles. The van der Waals surface area contributed by atoms with E-state index in [9.17, 15) is 9.90 Å². The van der Waals surface area contributed by atoms with Gasteiger partial charge in [0, 0.05) is 6.07 Å². The summed E-state index contributed by atoms with van der Waals surface area (Å²) >= 11 is 0. The Morgan fingerprint density at radius 3 is 2.48 bits per heavy atom. The molecule has 0 aliphatic heterocycles. The lowest BCUT2D eigenvalue weighted by molar-refractivity contribution is 0.0694. The summed E-state index contributed by atoms with van der Waals surface area (Å²) in [6, 6.07) is 11.6. The van der Waals surface area contributed by atoms with Crippen molar-refractivity contribution in [3.8, 4) is 23.3 Å². The molecule has 0 spiro atoms. The highest BCUT2D eigenvalue weighted by Gasteiger charge is 2.14. The molecule has 2 aromatic carbocycles. The molecule has 106 valence electrons. The molecule has 5 nitrogen and oxygen atoms in total. The molecule has 1 N–H and O–H groups in total. The number of carboxylic acid groups (broad SMARTS) is 1. The van der Waals surface area contributed by atoms with Gasteiger partial charge in [-0.15, -0.1) is 0 Å². The van der Waals surface area contributed by atoms with Crippen molar-refractivity contribution in [3.05, 3.63) is 53.1 Å². The van der Waals surface area contributed by atoms with Crippen LogP contribution in [0.3, 0.4) is 0 Å². The highest BCUT2D eigenvalue weighted by Crippen LogP contribution is 2.34. The second-order valence-electron chi connectivity index (χ2n) is 4.38. The minimum Gasteiger partial charge on any atom is -0.493 e. The maximum Gasteiger partial charge on any atom is 0.339 e. The number of carboxylic acids is 1. The standard InChI is InChI=1S/C16H13NO4/c1-10-3-5-13(12(7-10)16(18)19)21-14-6-4-11(9-17)8-15(14)20-2/h3-8H,1-2H3,(H,18,19). The van der Waals surface area contributed by atoms with E-state index in [1.165, 1.54) is 19.2 Å². The Bertz CT molecular complexity index is 732. The van der Waals surface area contributed by atoms with E-state index in [2.05, 4.69) is 0 Å². The van der Waals surface area contributed by atoms with E-state index in [0.29, 0.717) is 17.1 Å². The first-order valence-corrected chi connectivity index (χ1v) is 6.15. The molecule has 2 aromatic rings. The van der Waals surface area contributed by atoms with E-state index in [1.807, 2.05) is 6.07 Å². The van der Waals surface area contributed by atoms with Gasteiger partial charge >= 0.3 is 5.97 Å². The summed E-state index contributed by atoms with van der Waals surface area (Å²) in [6.07, 6.45) is 0. The van der Waals surface area contributed by atoms with E-state index in [0.717, 1.165) is 5.56 Å². The van der Waals surface area contributed by atoms with Crippen LogP contribution >= 0.6 is 0 Å². The van der Waals surface area contributed by atoms with Crippen LogP contribution in [0.5, 0.6) is 17.2 Å². The number of hydrogen-bond acceptors (Lipinski definition) is 4. The number of methoxy groups -OCH3 is 1. The Balaban J connectivity index is 2.43. The topological polar surface area (TPSA) is 79.5 Å². The number of nitrogens with zero attached hydrogens (tertiary/aromatic N) is 1. The van der Waals surface area contributed by atoms with Crippen LogP contribution in [0.25, 0.3) is 0 Å². The molecular weight excluding hydrogens is 270 g/mol. The largest absolute Gasteiger partial charge is 0.493 e. The number of benzene rings is 2. The van der Waals surface area contributed by atoms with Gasteiger partial charge < -0.3 is 14.6 Å². The van der Waals surface area contributed by atoms with Crippen LogP contribution in [-0.4, -0.2) is 18.2 Å². The number of hydrogen-bond donors (Lipinski definition) is 1. The summed E-state index contributed by atoms with van der Waals surface area (Å²) in [4.78, 5) is 11.3. The predicted molar refractivity (Wildman–Crippen MR) is 75.9 cm³/mol. The number of aryl methyl sites for hydroxylation is 1. The minimum absolute atomic E-state index is 0.0708. The zero-order chi connectivity index (χ0) is 15.4. The first-order valence-electron chi connectivity index (χ1n) is 6.15. The minimum atomic E-state index is -1.07. The number of ether oxygens (including phenoxy) is 2. The Morgan fingerprint density at radius 2 is 1.86 bits per heavy atom. The van der Waals surface area contributed by atoms with Crippen molar-refractivity contribution in [1.82, 2.24) is 0 Å². The van der Waals surface area contributed by atoms with E-state index in [1.54, 1.807) is 31.2 Å². The quantitative estimate of drug-likeness (QED) is 0.930. The van der Waals surface area contributed by atoms with Crippen LogP contribution in [0.15, 0.2) is 36.4 Å². The Morgan fingerprint density at radius 1 is 1.14 bits per heavy atom. The number of aromatic carboxylic acids is 1. The lowest BCUT2D eigenvalue weighted by Gasteiger charge is -2.12. The Hall–Kier alpha value is -3.00. The zero-order valence-electron chi connectivity index (χ0n) is 11.6. The van der Waals surface area contributed by atoms with Gasteiger partial charge in [0.05, 0.1) is 18.7 Å². The summed E-state index contributed by atoms with van der Waals surface area (Å²) in [7, 11) is 1.45. The van der Waals surface area contributed by atoms with Gasteiger partial charge in [0.15, 0.2) is 11.5 Å². The molecule has 0 bridgehead atoms. The molecule has 21 heavy (non-hydrogen) atoms. The molecule has 0 heterocycles. The summed E-state index contributed by atoms with van der Waals surface area (Å²) in [5.41, 5.74) is 1.33. The van der Waals surface area contributed by atoms with Crippen LogP contribution in [0.1, 0.15) is 21.5 Å². The average Bonchev–Trinajstić information content (AvgIpc) is 2.49. The molecular formula is C16H13NO4. The molecule has 0 saturated carbocycles. The molecule has 0 aliphatic rings. The van der Waals surface area contributed by atoms with Crippen molar-refractivity contribution in [2.24, 2.45) is 0 Å². The average molecular weight is 283 g/mol. The van der Waals surface area contributed by atoms with Crippen molar-refractivity contribution in [3.63, 3.8) is 0 Å². The summed E-state index contributed by atoms with van der Waals surface area (Å²) in [6.45, 7) is 1.80. The van der Waals surface area contributed by atoms with Crippen molar-refractivity contribution in [1.29, 1.82) is 5.26 Å². The van der Waals surface area contributed by atoms with E-state index in [-0.39, 0.29) is 11.3 Å². The molecule has 0 unspecified atom stereocenters. The second kappa shape index (κ2) is 5.97. The molecule has 0 aromatic heterocycles. The fourth-order valence-electron chi connectivity index (χ4n) is 1.84. The third-order valence-electron chi connectivity index (χ3n) is 2.88. The molecule has 0 radical (unpaired) electrons. The molecule has 0 amide bonds. The highest BCUT2D eigenvalue weighted by atomic mass is 16.5. The van der Waals surface area contributed by atoms with Crippen molar-refractivity contribution >= 4 is 5.97 Å². The van der Waals surface area contributed by atoms with E-state index in [4.69, 9.17) is 14.7 Å². The van der Waals surface area contributed by atoms with Gasteiger partial charge in [-0.25, -0.2) is 4.79 Å². The second-order valence-corrected chi connectivity index (χ2v) is 4.38. The molecule has 0 saturated heterocycles. The van der Waals surface area contributed by atoms with Gasteiger partial charge in [-0.2, -0.15) is 5.26 Å². The number of carbonyl (C=O) groups is 1. The van der Waals surface area contributed by atoms with Crippen LogP contribution in [-0.2, 0) is 0 Å². The maximum absolute atomic E-state index is 11.3. The van der Waals surface area contributed by atoms with Gasteiger partial charge in [-0.3, -0.25) is 0 Å². The van der Waals surface area contributed by atoms with Gasteiger partial charge in [0.25, 0.3) is 0 Å². The zero-order valence-corrected chi connectivity index (χ0v) is 11.6. The number of nitriles is 1. The lowest BCUT2D eigenvalue weighted by Crippen LogP contribution is -2.01. The van der Waals surface area contributed by atoms with Gasteiger partial charge in [-0.05, 0) is 31.2 Å². The van der Waals surface area contributed by atoms with Gasteiger partial charge in [0.1, 0.15) is 11.3 Å². The lowest BCUT2D eigenvalue weighted by atomic mass is 10.1. The predicted octanol–water partition coefficient (Wildman–Crippen LogP) is 3.37. The van der Waals surface area contributed by atoms with Gasteiger partial charge in [0.2, 0.25) is 0 Å². The Kier molecular flexibility index (Phi) is 4.10. The number of rotatable bonds is 4. The smallest absolute Gasteiger partial charge is 0.339 e. The highest BCUT2D eigenvalue weighted by molar-refractivity contribution is 5.91. The van der Waals surface area contributed by atoms with E-state index < -0.39 is 5.97 Å². The fraction of sp³-hybridized carbons (Fsp3) is 0.125. The molecule has 5 heteroatoms.